The minimum absolute atomic E-state index is 0. The summed E-state index contributed by atoms with van der Waals surface area (Å²) in [7, 11) is -5.84. The normalized spacial score (nSPS) is 11.5. The van der Waals surface area contributed by atoms with Crippen LogP contribution in [-0.2, 0) is 32.5 Å². The molecule has 2 aromatic heterocycles. The van der Waals surface area contributed by atoms with Crippen molar-refractivity contribution < 1.29 is 48.5 Å². The number of hydrogen-bond acceptors (Lipinski definition) is 4. The summed E-state index contributed by atoms with van der Waals surface area (Å²) in [5.41, 5.74) is -3.58. The van der Waals surface area contributed by atoms with Crippen LogP contribution in [0.1, 0.15) is 0 Å². The van der Waals surface area contributed by atoms with Gasteiger partial charge in [-0.2, -0.15) is 21.6 Å². The number of pyridine rings is 2. The molecule has 0 aliphatic carbocycles. The van der Waals surface area contributed by atoms with Crippen LogP contribution in [0, 0.1) is 0 Å². The molecule has 10 heteroatoms. The van der Waals surface area contributed by atoms with Crippen molar-refractivity contribution in [2.75, 3.05) is 0 Å². The number of hydrogen-bond donors (Lipinski definition) is 1. The van der Waals surface area contributed by atoms with Crippen molar-refractivity contribution in [3.63, 3.8) is 0 Å². The molecule has 0 fully saturated rings. The summed E-state index contributed by atoms with van der Waals surface area (Å²) >= 11 is 0. The van der Waals surface area contributed by atoms with Gasteiger partial charge in [-0.3, -0.25) is 14.5 Å². The summed E-state index contributed by atoms with van der Waals surface area (Å²) in [4.78, 5) is 8.69. The van der Waals surface area contributed by atoms with Gasteiger partial charge in [0.2, 0.25) is 0 Å². The molecule has 3 rings (SSSR count). The largest absolute Gasteiger partial charge is 0.522 e. The van der Waals surface area contributed by atoms with Gasteiger partial charge in [-0.25, -0.2) is 0 Å². The van der Waals surface area contributed by atoms with Crippen molar-refractivity contribution in [3.05, 3.63) is 48.8 Å². The van der Waals surface area contributed by atoms with Crippen molar-refractivity contribution >= 4 is 31.9 Å². The van der Waals surface area contributed by atoms with E-state index in [2.05, 4.69) is 34.2 Å². The SMILES string of the molecule is O=S(=O)(O)C(F)(F)F.[Ag].c1cnc2c(c1)ccc1cccnc12. The number of rotatable bonds is 0. The first-order valence-corrected chi connectivity index (χ1v) is 7.26. The molecule has 1 N–H and O–H groups in total. The predicted molar refractivity (Wildman–Crippen MR) is 74.6 cm³/mol. The molecule has 0 amide bonds. The van der Waals surface area contributed by atoms with E-state index >= 15 is 0 Å². The quantitative estimate of drug-likeness (QED) is 0.253. The molecule has 5 nitrogen and oxygen atoms in total. The fourth-order valence-electron chi connectivity index (χ4n) is 1.68. The van der Waals surface area contributed by atoms with Gasteiger partial charge in [0.1, 0.15) is 0 Å². The predicted octanol–water partition coefficient (Wildman–Crippen LogP) is 3.17. The van der Waals surface area contributed by atoms with E-state index in [1.165, 1.54) is 0 Å². The van der Waals surface area contributed by atoms with Crippen LogP contribution in [0.5, 0.6) is 0 Å². The van der Waals surface area contributed by atoms with Gasteiger partial charge >= 0.3 is 15.6 Å². The standard InChI is InChI=1S/C12H8N2.CHF3O3S.Ag/c1-3-9-5-6-10-4-2-8-14-12(10)11(9)13-7-1;2-1(3,4)8(5,6)7;/h1-8H;(H,5,6,7);. The third-order valence-corrected chi connectivity index (χ3v) is 3.22. The molecule has 0 bridgehead atoms. The van der Waals surface area contributed by atoms with E-state index in [0.717, 1.165) is 21.8 Å². The molecule has 0 atom stereocenters. The Morgan fingerprint density at radius 1 is 0.870 bits per heavy atom. The first-order chi connectivity index (χ1) is 10.2. The van der Waals surface area contributed by atoms with Crippen LogP contribution >= 0.6 is 0 Å². The van der Waals surface area contributed by atoms with Crippen LogP contribution in [0.15, 0.2) is 48.8 Å². The molecule has 0 aliphatic heterocycles. The molecule has 1 radical (unpaired) electrons. The second kappa shape index (κ2) is 7.37. The number of halogens is 3. The van der Waals surface area contributed by atoms with Crippen molar-refractivity contribution in [1.29, 1.82) is 0 Å². The topological polar surface area (TPSA) is 80.2 Å². The van der Waals surface area contributed by atoms with E-state index in [4.69, 9.17) is 13.0 Å². The van der Waals surface area contributed by atoms with E-state index < -0.39 is 15.6 Å². The summed E-state index contributed by atoms with van der Waals surface area (Å²) in [6.45, 7) is 0. The van der Waals surface area contributed by atoms with Gasteiger partial charge in [0.25, 0.3) is 0 Å². The molecule has 0 aliphatic rings. The van der Waals surface area contributed by atoms with Gasteiger partial charge < -0.3 is 0 Å². The third kappa shape index (κ3) is 4.72. The van der Waals surface area contributed by atoms with Crippen LogP contribution in [0.2, 0.25) is 0 Å². The van der Waals surface area contributed by atoms with E-state index in [0.29, 0.717) is 0 Å². The second-order valence-corrected chi connectivity index (χ2v) is 5.55. The number of benzene rings is 1. The Labute approximate surface area is 144 Å². The molecule has 3 aromatic rings. The van der Waals surface area contributed by atoms with Crippen LogP contribution in [0.25, 0.3) is 21.8 Å². The second-order valence-electron chi connectivity index (χ2n) is 4.14. The minimum Gasteiger partial charge on any atom is -0.279 e. The van der Waals surface area contributed by atoms with Crippen molar-refractivity contribution in [1.82, 2.24) is 9.97 Å². The number of aromatic nitrogens is 2. The monoisotopic (exact) mass is 437 g/mol. The number of alkyl halides is 3. The van der Waals surface area contributed by atoms with E-state index in [1.807, 2.05) is 12.1 Å². The van der Waals surface area contributed by atoms with Crippen molar-refractivity contribution in [2.45, 2.75) is 5.51 Å². The maximum atomic E-state index is 10.7. The maximum absolute atomic E-state index is 10.7. The van der Waals surface area contributed by atoms with Crippen LogP contribution in [0.3, 0.4) is 0 Å². The molecule has 1 aromatic carbocycles. The fourth-order valence-corrected chi connectivity index (χ4v) is 1.68. The zero-order valence-electron chi connectivity index (χ0n) is 11.1. The molecule has 2 heterocycles. The zero-order chi connectivity index (χ0) is 16.4. The van der Waals surface area contributed by atoms with Crippen molar-refractivity contribution in [3.8, 4) is 0 Å². The summed E-state index contributed by atoms with van der Waals surface area (Å²) in [5, 5.41) is 2.28. The Kier molecular flexibility index (Phi) is 6.25. The summed E-state index contributed by atoms with van der Waals surface area (Å²) < 4.78 is 57.5. The summed E-state index contributed by atoms with van der Waals surface area (Å²) in [6.07, 6.45) is 3.60. The first kappa shape index (κ1) is 19.5. The van der Waals surface area contributed by atoms with Crippen LogP contribution in [-0.4, -0.2) is 28.4 Å². The summed E-state index contributed by atoms with van der Waals surface area (Å²) in [5.74, 6) is 0. The van der Waals surface area contributed by atoms with E-state index in [-0.39, 0.29) is 22.4 Å². The zero-order valence-corrected chi connectivity index (χ0v) is 13.4. The Bertz CT molecular complexity index is 862. The average molecular weight is 438 g/mol. The van der Waals surface area contributed by atoms with Gasteiger partial charge in [-0.15, -0.1) is 0 Å². The van der Waals surface area contributed by atoms with E-state index in [1.54, 1.807) is 12.4 Å². The van der Waals surface area contributed by atoms with Gasteiger partial charge in [0.15, 0.2) is 0 Å². The molecule has 23 heavy (non-hydrogen) atoms. The first-order valence-electron chi connectivity index (χ1n) is 5.82. The van der Waals surface area contributed by atoms with Gasteiger partial charge in [-0.05, 0) is 12.1 Å². The summed E-state index contributed by atoms with van der Waals surface area (Å²) in [6, 6.07) is 12.1. The number of fused-ring (bicyclic) bond motifs is 3. The number of nitrogens with zero attached hydrogens (tertiary/aromatic N) is 2. The molecule has 0 spiro atoms. The maximum Gasteiger partial charge on any atom is 0.522 e. The molecular formula is C13H9AgF3N2O3S. The van der Waals surface area contributed by atoms with Gasteiger partial charge in [0.05, 0.1) is 11.0 Å². The third-order valence-electron chi connectivity index (χ3n) is 2.64. The van der Waals surface area contributed by atoms with Crippen LogP contribution < -0.4 is 0 Å². The minimum atomic E-state index is -5.84. The smallest absolute Gasteiger partial charge is 0.279 e. The Hall–Kier alpha value is -1.52. The average Bonchev–Trinajstić information content (AvgIpc) is 2.46. The Morgan fingerprint density at radius 2 is 1.22 bits per heavy atom. The van der Waals surface area contributed by atoms with Crippen molar-refractivity contribution in [2.24, 2.45) is 0 Å². The Balaban J connectivity index is 0.000000258. The van der Waals surface area contributed by atoms with E-state index in [9.17, 15) is 13.2 Å². The molecule has 0 saturated heterocycles. The molecule has 0 saturated carbocycles. The van der Waals surface area contributed by atoms with Gasteiger partial charge in [-0.1, -0.05) is 24.3 Å². The van der Waals surface area contributed by atoms with Gasteiger partial charge in [0, 0.05) is 45.5 Å². The molecular weight excluding hydrogens is 429 g/mol. The van der Waals surface area contributed by atoms with Crippen LogP contribution in [0.4, 0.5) is 13.2 Å². The molecule has 127 valence electrons. The fraction of sp³-hybridized carbons (Fsp3) is 0.0769. The molecule has 0 unspecified atom stereocenters. The Morgan fingerprint density at radius 3 is 1.52 bits per heavy atom.